The first-order valence-corrected chi connectivity index (χ1v) is 6.07. The lowest BCUT2D eigenvalue weighted by Gasteiger charge is -2.15. The van der Waals surface area contributed by atoms with Crippen LogP contribution in [0.5, 0.6) is 0 Å². The molecule has 0 spiro atoms. The number of carbonyl (C=O) groups excluding carboxylic acids is 1. The van der Waals surface area contributed by atoms with E-state index in [4.69, 9.17) is 0 Å². The normalized spacial score (nSPS) is 11.8. The van der Waals surface area contributed by atoms with Crippen LogP contribution in [0.4, 0.5) is 20.4 Å². The number of hydrogen-bond acceptors (Lipinski definition) is 4. The van der Waals surface area contributed by atoms with Gasteiger partial charge in [0.15, 0.2) is 23.3 Å². The lowest BCUT2D eigenvalue weighted by molar-refractivity contribution is -0.121. The van der Waals surface area contributed by atoms with Crippen molar-refractivity contribution >= 4 is 17.5 Å². The molecule has 1 rings (SSSR count). The van der Waals surface area contributed by atoms with Gasteiger partial charge in [-0.1, -0.05) is 6.92 Å². The summed E-state index contributed by atoms with van der Waals surface area (Å²) in [5.74, 6) is -2.13. The third kappa shape index (κ3) is 4.04. The van der Waals surface area contributed by atoms with Crippen molar-refractivity contribution in [3.05, 3.63) is 17.7 Å². The Balaban J connectivity index is 2.78. The second-order valence-electron chi connectivity index (χ2n) is 4.06. The number of pyridine rings is 1. The average molecular weight is 272 g/mol. The Kier molecular flexibility index (Phi) is 5.47. The zero-order chi connectivity index (χ0) is 14.4. The van der Waals surface area contributed by atoms with Crippen LogP contribution in [0.15, 0.2) is 6.07 Å². The van der Waals surface area contributed by atoms with Crippen LogP contribution >= 0.6 is 0 Å². The lowest BCUT2D eigenvalue weighted by Crippen LogP contribution is -2.38. The molecule has 0 radical (unpaired) electrons. The predicted molar refractivity (Wildman–Crippen MR) is 70.1 cm³/mol. The van der Waals surface area contributed by atoms with E-state index in [9.17, 15) is 13.6 Å². The molecule has 1 aromatic heterocycles. The Bertz CT molecular complexity index is 454. The van der Waals surface area contributed by atoms with E-state index in [0.717, 1.165) is 12.5 Å². The van der Waals surface area contributed by atoms with E-state index in [1.54, 1.807) is 6.92 Å². The Hall–Kier alpha value is -1.92. The van der Waals surface area contributed by atoms with E-state index in [0.29, 0.717) is 6.54 Å². The minimum Gasteiger partial charge on any atom is -0.371 e. The number of amides is 1. The van der Waals surface area contributed by atoms with Crippen molar-refractivity contribution < 1.29 is 13.6 Å². The molecule has 1 aromatic rings. The van der Waals surface area contributed by atoms with Crippen LogP contribution in [-0.4, -0.2) is 30.5 Å². The zero-order valence-corrected chi connectivity index (χ0v) is 11.2. The summed E-state index contributed by atoms with van der Waals surface area (Å²) in [5.41, 5.74) is 0. The topological polar surface area (TPSA) is 66.0 Å². The molecule has 0 fully saturated rings. The van der Waals surface area contributed by atoms with Crippen LogP contribution in [0.1, 0.15) is 20.3 Å². The number of halogens is 2. The zero-order valence-electron chi connectivity index (χ0n) is 11.2. The quantitative estimate of drug-likeness (QED) is 0.738. The third-order valence-electron chi connectivity index (χ3n) is 2.46. The second-order valence-corrected chi connectivity index (χ2v) is 4.06. The van der Waals surface area contributed by atoms with Gasteiger partial charge < -0.3 is 16.0 Å². The van der Waals surface area contributed by atoms with Gasteiger partial charge in [-0.25, -0.2) is 13.8 Å². The standard InChI is InChI=1S/C12H18F2N4O/c1-4-5-16-12(19)7(2)17-11-9(14)6-8(13)10(15-3)18-11/h6-7H,4-5H2,1-3H3,(H,16,19)(H2,15,17,18). The van der Waals surface area contributed by atoms with Gasteiger partial charge in [0.2, 0.25) is 5.91 Å². The van der Waals surface area contributed by atoms with E-state index >= 15 is 0 Å². The number of aromatic nitrogens is 1. The van der Waals surface area contributed by atoms with Crippen LogP contribution in [0.3, 0.4) is 0 Å². The molecule has 5 nitrogen and oxygen atoms in total. The SMILES string of the molecule is CCCNC(=O)C(C)Nc1nc(NC)c(F)cc1F. The van der Waals surface area contributed by atoms with E-state index < -0.39 is 17.7 Å². The number of anilines is 2. The molecule has 106 valence electrons. The van der Waals surface area contributed by atoms with Crippen LogP contribution in [-0.2, 0) is 4.79 Å². The van der Waals surface area contributed by atoms with Crippen molar-refractivity contribution in [2.75, 3.05) is 24.2 Å². The maximum absolute atomic E-state index is 13.5. The predicted octanol–water partition coefficient (Wildman–Crippen LogP) is 1.73. The van der Waals surface area contributed by atoms with Crippen molar-refractivity contribution in [1.29, 1.82) is 0 Å². The number of nitrogens with one attached hydrogen (secondary N) is 3. The average Bonchev–Trinajstić information content (AvgIpc) is 2.38. The molecule has 0 saturated heterocycles. The fraction of sp³-hybridized carbons (Fsp3) is 0.500. The van der Waals surface area contributed by atoms with Gasteiger partial charge in [0.1, 0.15) is 6.04 Å². The van der Waals surface area contributed by atoms with Gasteiger partial charge in [0, 0.05) is 19.7 Å². The van der Waals surface area contributed by atoms with Gasteiger partial charge in [-0.2, -0.15) is 0 Å². The van der Waals surface area contributed by atoms with Crippen LogP contribution in [0.2, 0.25) is 0 Å². The van der Waals surface area contributed by atoms with E-state index in [1.807, 2.05) is 6.92 Å². The molecule has 0 saturated carbocycles. The van der Waals surface area contributed by atoms with Crippen molar-refractivity contribution in [1.82, 2.24) is 10.3 Å². The summed E-state index contributed by atoms with van der Waals surface area (Å²) in [4.78, 5) is 15.4. The molecule has 0 aliphatic heterocycles. The number of rotatable bonds is 6. The molecule has 1 atom stereocenters. The van der Waals surface area contributed by atoms with Gasteiger partial charge >= 0.3 is 0 Å². The highest BCUT2D eigenvalue weighted by Crippen LogP contribution is 2.19. The highest BCUT2D eigenvalue weighted by atomic mass is 19.1. The van der Waals surface area contributed by atoms with Crippen LogP contribution in [0, 0.1) is 11.6 Å². The maximum atomic E-state index is 13.5. The third-order valence-corrected chi connectivity index (χ3v) is 2.46. The summed E-state index contributed by atoms with van der Waals surface area (Å²) in [6.07, 6.45) is 0.811. The number of carbonyl (C=O) groups is 1. The highest BCUT2D eigenvalue weighted by molar-refractivity contribution is 5.83. The smallest absolute Gasteiger partial charge is 0.242 e. The van der Waals surface area contributed by atoms with E-state index in [2.05, 4.69) is 20.9 Å². The van der Waals surface area contributed by atoms with Gasteiger partial charge in [0.25, 0.3) is 0 Å². The minimum atomic E-state index is -0.841. The van der Waals surface area contributed by atoms with E-state index in [1.165, 1.54) is 7.05 Å². The first-order chi connectivity index (χ1) is 8.99. The van der Waals surface area contributed by atoms with Gasteiger partial charge in [-0.15, -0.1) is 0 Å². The van der Waals surface area contributed by atoms with Crippen molar-refractivity contribution in [3.63, 3.8) is 0 Å². The summed E-state index contributed by atoms with van der Waals surface area (Å²) >= 11 is 0. The van der Waals surface area contributed by atoms with Crippen molar-refractivity contribution in [3.8, 4) is 0 Å². The molecule has 1 unspecified atom stereocenters. The summed E-state index contributed by atoms with van der Waals surface area (Å²) < 4.78 is 26.7. The van der Waals surface area contributed by atoms with Crippen molar-refractivity contribution in [2.24, 2.45) is 0 Å². The summed E-state index contributed by atoms with van der Waals surface area (Å²) in [5, 5.41) is 7.79. The highest BCUT2D eigenvalue weighted by Gasteiger charge is 2.17. The molecule has 19 heavy (non-hydrogen) atoms. The number of hydrogen-bond donors (Lipinski definition) is 3. The molecule has 1 amide bonds. The summed E-state index contributed by atoms with van der Waals surface area (Å²) in [6, 6.07) is 0.0568. The Morgan fingerprint density at radius 2 is 2.00 bits per heavy atom. The van der Waals surface area contributed by atoms with Gasteiger partial charge in [-0.05, 0) is 13.3 Å². The number of nitrogens with zero attached hydrogens (tertiary/aromatic N) is 1. The Labute approximate surface area is 110 Å². The summed E-state index contributed by atoms with van der Waals surface area (Å²) in [7, 11) is 1.48. The molecular weight excluding hydrogens is 254 g/mol. The molecule has 7 heteroatoms. The first-order valence-electron chi connectivity index (χ1n) is 6.07. The first kappa shape index (κ1) is 15.1. The van der Waals surface area contributed by atoms with Gasteiger partial charge in [0.05, 0.1) is 0 Å². The molecule has 0 aliphatic rings. The molecule has 0 aliphatic carbocycles. The minimum absolute atomic E-state index is 0.0786. The summed E-state index contributed by atoms with van der Waals surface area (Å²) in [6.45, 7) is 4.05. The Morgan fingerprint density at radius 1 is 1.37 bits per heavy atom. The molecule has 1 heterocycles. The second kappa shape index (κ2) is 6.86. The Morgan fingerprint density at radius 3 is 2.58 bits per heavy atom. The maximum Gasteiger partial charge on any atom is 0.242 e. The largest absolute Gasteiger partial charge is 0.371 e. The fourth-order valence-corrected chi connectivity index (χ4v) is 1.42. The molecule has 0 aromatic carbocycles. The van der Waals surface area contributed by atoms with Crippen LogP contribution in [0.25, 0.3) is 0 Å². The molecule has 3 N–H and O–H groups in total. The van der Waals surface area contributed by atoms with Gasteiger partial charge in [-0.3, -0.25) is 4.79 Å². The van der Waals surface area contributed by atoms with Crippen molar-refractivity contribution in [2.45, 2.75) is 26.3 Å². The van der Waals surface area contributed by atoms with Crippen LogP contribution < -0.4 is 16.0 Å². The fourth-order valence-electron chi connectivity index (χ4n) is 1.42. The lowest BCUT2D eigenvalue weighted by atomic mass is 10.3. The monoisotopic (exact) mass is 272 g/mol. The molecule has 0 bridgehead atoms. The molecular formula is C12H18F2N4O. The van der Waals surface area contributed by atoms with E-state index in [-0.39, 0.29) is 17.5 Å².